The molecule has 1 fully saturated rings. The third-order valence-electron chi connectivity index (χ3n) is 2.88. The molecule has 1 spiro atoms. The lowest BCUT2D eigenvalue weighted by atomic mass is 10.1. The van der Waals surface area contributed by atoms with Crippen molar-refractivity contribution in [1.29, 1.82) is 0 Å². The smallest absolute Gasteiger partial charge is 0.145 e. The fourth-order valence-corrected chi connectivity index (χ4v) is 2.03. The summed E-state index contributed by atoms with van der Waals surface area (Å²) >= 11 is 0. The van der Waals surface area contributed by atoms with Crippen LogP contribution in [0.4, 0.5) is 5.82 Å². The fraction of sp³-hybridized carbons (Fsp3) is 0.625. The minimum atomic E-state index is 0.621. The molecule has 1 saturated carbocycles. The van der Waals surface area contributed by atoms with E-state index in [0.717, 1.165) is 6.54 Å². The van der Waals surface area contributed by atoms with Crippen molar-refractivity contribution in [2.75, 3.05) is 5.73 Å². The number of nitrogen functional groups attached to an aromatic ring is 1. The quantitative estimate of drug-likeness (QED) is 0.593. The first-order valence-electron chi connectivity index (χ1n) is 4.10. The highest BCUT2D eigenvalue weighted by atomic mass is 15.3. The Labute approximate surface area is 65.2 Å². The van der Waals surface area contributed by atoms with Crippen molar-refractivity contribution in [1.82, 2.24) is 9.78 Å². The molecule has 1 aliphatic carbocycles. The first kappa shape index (κ1) is 5.63. The van der Waals surface area contributed by atoms with Gasteiger partial charge >= 0.3 is 0 Å². The van der Waals surface area contributed by atoms with Gasteiger partial charge in [-0.05, 0) is 24.7 Å². The number of nitrogens with zero attached hydrogens (tertiary/aromatic N) is 2. The molecular weight excluding hydrogens is 138 g/mol. The third kappa shape index (κ3) is 0.654. The molecule has 3 rings (SSSR count). The van der Waals surface area contributed by atoms with Crippen molar-refractivity contribution in [2.24, 2.45) is 5.41 Å². The zero-order valence-corrected chi connectivity index (χ0v) is 6.38. The van der Waals surface area contributed by atoms with Crippen LogP contribution in [0.5, 0.6) is 0 Å². The van der Waals surface area contributed by atoms with Crippen LogP contribution in [0.3, 0.4) is 0 Å². The van der Waals surface area contributed by atoms with Gasteiger partial charge in [-0.3, -0.25) is 4.68 Å². The SMILES string of the molecule is Nc1cc2n(n1)CC1(CC1)C2. The summed E-state index contributed by atoms with van der Waals surface area (Å²) in [5.74, 6) is 0.676. The molecule has 0 aromatic carbocycles. The maximum absolute atomic E-state index is 5.57. The summed E-state index contributed by atoms with van der Waals surface area (Å²) in [5.41, 5.74) is 7.52. The summed E-state index contributed by atoms with van der Waals surface area (Å²) in [4.78, 5) is 0. The summed E-state index contributed by atoms with van der Waals surface area (Å²) in [6.45, 7) is 1.11. The highest BCUT2D eigenvalue weighted by Gasteiger charge is 2.47. The number of anilines is 1. The van der Waals surface area contributed by atoms with Gasteiger partial charge < -0.3 is 5.73 Å². The second-order valence-corrected chi connectivity index (χ2v) is 3.89. The van der Waals surface area contributed by atoms with Gasteiger partial charge in [-0.1, -0.05) is 0 Å². The van der Waals surface area contributed by atoms with Crippen LogP contribution in [-0.2, 0) is 13.0 Å². The lowest BCUT2D eigenvalue weighted by Crippen LogP contribution is -2.04. The molecule has 1 aliphatic heterocycles. The number of hydrogen-bond donors (Lipinski definition) is 1. The van der Waals surface area contributed by atoms with Gasteiger partial charge in [0, 0.05) is 18.3 Å². The topological polar surface area (TPSA) is 43.8 Å². The van der Waals surface area contributed by atoms with Gasteiger partial charge in [-0.25, -0.2) is 0 Å². The van der Waals surface area contributed by atoms with Crippen LogP contribution in [0.1, 0.15) is 18.5 Å². The van der Waals surface area contributed by atoms with E-state index in [0.29, 0.717) is 11.2 Å². The lowest BCUT2D eigenvalue weighted by Gasteiger charge is -2.00. The summed E-state index contributed by atoms with van der Waals surface area (Å²) < 4.78 is 2.07. The molecular formula is C8H11N3. The van der Waals surface area contributed by atoms with E-state index in [-0.39, 0.29) is 0 Å². The zero-order chi connectivity index (χ0) is 7.47. The Morgan fingerprint density at radius 3 is 3.00 bits per heavy atom. The van der Waals surface area contributed by atoms with Crippen LogP contribution in [0.25, 0.3) is 0 Å². The van der Waals surface area contributed by atoms with Gasteiger partial charge in [0.2, 0.25) is 0 Å². The van der Waals surface area contributed by atoms with E-state index in [2.05, 4.69) is 9.78 Å². The predicted octanol–water partition coefficient (Wildman–Crippen LogP) is 0.802. The Kier molecular flexibility index (Phi) is 0.739. The van der Waals surface area contributed by atoms with E-state index in [9.17, 15) is 0 Å². The third-order valence-corrected chi connectivity index (χ3v) is 2.88. The van der Waals surface area contributed by atoms with E-state index < -0.39 is 0 Å². The Balaban J connectivity index is 2.04. The number of nitrogens with two attached hydrogens (primary N) is 1. The summed E-state index contributed by atoms with van der Waals surface area (Å²) in [7, 11) is 0. The molecule has 2 heterocycles. The highest BCUT2D eigenvalue weighted by molar-refractivity contribution is 5.32. The zero-order valence-electron chi connectivity index (χ0n) is 6.38. The average Bonchev–Trinajstić information content (AvgIpc) is 2.44. The monoisotopic (exact) mass is 149 g/mol. The van der Waals surface area contributed by atoms with Gasteiger partial charge in [-0.2, -0.15) is 5.10 Å². The summed E-state index contributed by atoms with van der Waals surface area (Å²) in [6, 6.07) is 2.01. The Hall–Kier alpha value is -0.990. The van der Waals surface area contributed by atoms with Crippen LogP contribution in [0, 0.1) is 5.41 Å². The predicted molar refractivity (Wildman–Crippen MR) is 42.0 cm³/mol. The van der Waals surface area contributed by atoms with Crippen molar-refractivity contribution >= 4 is 5.82 Å². The number of aromatic nitrogens is 2. The van der Waals surface area contributed by atoms with E-state index in [1.165, 1.54) is 25.0 Å². The molecule has 1 aromatic heterocycles. The molecule has 3 heteroatoms. The van der Waals surface area contributed by atoms with Crippen LogP contribution in [0.2, 0.25) is 0 Å². The Morgan fingerprint density at radius 2 is 2.36 bits per heavy atom. The molecule has 1 aromatic rings. The second-order valence-electron chi connectivity index (χ2n) is 3.89. The molecule has 0 bridgehead atoms. The molecule has 0 saturated heterocycles. The number of rotatable bonds is 0. The molecule has 11 heavy (non-hydrogen) atoms. The van der Waals surface area contributed by atoms with E-state index in [1.807, 2.05) is 6.07 Å². The Morgan fingerprint density at radius 1 is 1.55 bits per heavy atom. The average molecular weight is 149 g/mol. The van der Waals surface area contributed by atoms with E-state index >= 15 is 0 Å². The van der Waals surface area contributed by atoms with Crippen LogP contribution < -0.4 is 5.73 Å². The number of hydrogen-bond acceptors (Lipinski definition) is 2. The van der Waals surface area contributed by atoms with E-state index in [1.54, 1.807) is 0 Å². The van der Waals surface area contributed by atoms with Crippen LogP contribution >= 0.6 is 0 Å². The molecule has 0 unspecified atom stereocenters. The maximum atomic E-state index is 5.57. The van der Waals surface area contributed by atoms with Crippen molar-refractivity contribution in [3.05, 3.63) is 11.8 Å². The van der Waals surface area contributed by atoms with Crippen molar-refractivity contribution in [2.45, 2.75) is 25.8 Å². The maximum Gasteiger partial charge on any atom is 0.145 e. The first-order chi connectivity index (χ1) is 5.27. The lowest BCUT2D eigenvalue weighted by molar-refractivity contribution is 0.472. The van der Waals surface area contributed by atoms with Gasteiger partial charge in [-0.15, -0.1) is 0 Å². The van der Waals surface area contributed by atoms with Gasteiger partial charge in [0.1, 0.15) is 5.82 Å². The molecule has 0 radical (unpaired) electrons. The summed E-state index contributed by atoms with van der Waals surface area (Å²) in [6.07, 6.45) is 3.98. The minimum Gasteiger partial charge on any atom is -0.382 e. The van der Waals surface area contributed by atoms with E-state index in [4.69, 9.17) is 5.73 Å². The first-order valence-corrected chi connectivity index (χ1v) is 4.10. The molecule has 0 amide bonds. The van der Waals surface area contributed by atoms with Gasteiger partial charge in [0.25, 0.3) is 0 Å². The largest absolute Gasteiger partial charge is 0.382 e. The van der Waals surface area contributed by atoms with Crippen molar-refractivity contribution in [3.63, 3.8) is 0 Å². The van der Waals surface area contributed by atoms with Crippen molar-refractivity contribution < 1.29 is 0 Å². The van der Waals surface area contributed by atoms with Gasteiger partial charge in [0.15, 0.2) is 0 Å². The molecule has 2 aliphatic rings. The normalized spacial score (nSPS) is 24.0. The second kappa shape index (κ2) is 1.44. The fourth-order valence-electron chi connectivity index (χ4n) is 2.03. The molecule has 0 atom stereocenters. The molecule has 58 valence electrons. The summed E-state index contributed by atoms with van der Waals surface area (Å²) in [5, 5.41) is 4.22. The van der Waals surface area contributed by atoms with Crippen LogP contribution in [-0.4, -0.2) is 9.78 Å². The number of fused-ring (bicyclic) bond motifs is 1. The van der Waals surface area contributed by atoms with Gasteiger partial charge in [0.05, 0.1) is 0 Å². The molecule has 2 N–H and O–H groups in total. The standard InChI is InChI=1S/C8H11N3/c9-7-3-6-4-8(1-2-8)5-11(6)10-7/h3H,1-2,4-5H2,(H2,9,10). The van der Waals surface area contributed by atoms with Crippen molar-refractivity contribution in [3.8, 4) is 0 Å². The Bertz CT molecular complexity index is 284. The minimum absolute atomic E-state index is 0.621. The highest BCUT2D eigenvalue weighted by Crippen LogP contribution is 2.53. The molecule has 3 nitrogen and oxygen atoms in total. The van der Waals surface area contributed by atoms with Crippen LogP contribution in [0.15, 0.2) is 6.07 Å².